The number of hydrogen-bond acceptors (Lipinski definition) is 5. The fourth-order valence-electron chi connectivity index (χ4n) is 3.06. The molecule has 1 aliphatic rings. The summed E-state index contributed by atoms with van der Waals surface area (Å²) in [6, 6.07) is 10.8. The summed E-state index contributed by atoms with van der Waals surface area (Å²) in [5, 5.41) is 20.7. The van der Waals surface area contributed by atoms with Crippen molar-refractivity contribution in [3.8, 4) is 5.75 Å². The Morgan fingerprint density at radius 3 is 2.96 bits per heavy atom. The molecule has 0 unspecified atom stereocenters. The van der Waals surface area contributed by atoms with Gasteiger partial charge in [-0.25, -0.2) is 4.79 Å². The molecule has 2 amide bonds. The molecule has 3 rings (SSSR count). The minimum absolute atomic E-state index is 0.111. The molecule has 0 spiro atoms. The van der Waals surface area contributed by atoms with Gasteiger partial charge in [-0.1, -0.05) is 18.2 Å². The number of phenols is 1. The van der Waals surface area contributed by atoms with Crippen LogP contribution in [0.2, 0.25) is 0 Å². The van der Waals surface area contributed by atoms with Crippen LogP contribution in [0.25, 0.3) is 0 Å². The molecular formula is C18H23N5O2. The van der Waals surface area contributed by atoms with Crippen LogP contribution in [-0.2, 0) is 6.54 Å². The fourth-order valence-corrected chi connectivity index (χ4v) is 3.06. The largest absolute Gasteiger partial charge is 0.508 e. The van der Waals surface area contributed by atoms with Crippen molar-refractivity contribution in [1.82, 2.24) is 20.4 Å². The van der Waals surface area contributed by atoms with E-state index in [2.05, 4.69) is 20.4 Å². The highest BCUT2D eigenvalue weighted by Crippen LogP contribution is 2.20. The third-order valence-corrected chi connectivity index (χ3v) is 4.57. The average molecular weight is 341 g/mol. The number of aromatic nitrogens is 2. The summed E-state index contributed by atoms with van der Waals surface area (Å²) in [5.74, 6) is 1.03. The summed E-state index contributed by atoms with van der Waals surface area (Å²) in [7, 11) is 1.81. The second kappa shape index (κ2) is 7.83. The zero-order valence-corrected chi connectivity index (χ0v) is 14.3. The molecule has 0 aliphatic carbocycles. The number of benzene rings is 1. The zero-order chi connectivity index (χ0) is 17.6. The Hall–Kier alpha value is -2.83. The standard InChI is InChI=1S/C18H23N5O2/c1-22(18(25)19-12-14-6-2-3-8-16(14)24)15-7-5-11-23(13-15)17-9-4-10-20-21-17/h2-4,6,8-10,15,24H,5,7,11-13H2,1H3,(H,19,25)/t15-/m1/s1. The van der Waals surface area contributed by atoms with Crippen molar-refractivity contribution in [3.63, 3.8) is 0 Å². The molecule has 2 aromatic rings. The molecule has 25 heavy (non-hydrogen) atoms. The van der Waals surface area contributed by atoms with Crippen LogP contribution >= 0.6 is 0 Å². The summed E-state index contributed by atoms with van der Waals surface area (Å²) in [4.78, 5) is 16.4. The van der Waals surface area contributed by atoms with Crippen LogP contribution in [0.15, 0.2) is 42.6 Å². The Balaban J connectivity index is 1.57. The van der Waals surface area contributed by atoms with E-state index in [1.54, 1.807) is 29.3 Å². The van der Waals surface area contributed by atoms with Gasteiger partial charge in [-0.15, -0.1) is 5.10 Å². The second-order valence-corrected chi connectivity index (χ2v) is 6.22. The van der Waals surface area contributed by atoms with Crippen LogP contribution in [-0.4, -0.2) is 52.4 Å². The van der Waals surface area contributed by atoms with Gasteiger partial charge in [-0.05, 0) is 31.0 Å². The first-order chi connectivity index (χ1) is 12.1. The van der Waals surface area contributed by atoms with E-state index in [1.807, 2.05) is 25.2 Å². The molecule has 1 aromatic carbocycles. The molecule has 1 saturated heterocycles. The van der Waals surface area contributed by atoms with Crippen LogP contribution in [0.3, 0.4) is 0 Å². The summed E-state index contributed by atoms with van der Waals surface area (Å²) in [6.45, 7) is 1.96. The topological polar surface area (TPSA) is 81.6 Å². The maximum absolute atomic E-state index is 12.5. The number of para-hydroxylation sites is 1. The van der Waals surface area contributed by atoms with Crippen molar-refractivity contribution < 1.29 is 9.90 Å². The smallest absolute Gasteiger partial charge is 0.317 e. The highest BCUT2D eigenvalue weighted by molar-refractivity contribution is 5.74. The lowest BCUT2D eigenvalue weighted by molar-refractivity contribution is 0.182. The maximum Gasteiger partial charge on any atom is 0.317 e. The van der Waals surface area contributed by atoms with E-state index < -0.39 is 0 Å². The minimum Gasteiger partial charge on any atom is -0.508 e. The van der Waals surface area contributed by atoms with Gasteiger partial charge in [-0.3, -0.25) is 0 Å². The predicted molar refractivity (Wildman–Crippen MR) is 95.4 cm³/mol. The van der Waals surface area contributed by atoms with Crippen LogP contribution in [0.1, 0.15) is 18.4 Å². The van der Waals surface area contributed by atoms with Gasteiger partial charge in [0.2, 0.25) is 0 Å². The van der Waals surface area contributed by atoms with Gasteiger partial charge in [0.05, 0.1) is 6.04 Å². The van der Waals surface area contributed by atoms with Gasteiger partial charge in [0.15, 0.2) is 5.82 Å². The van der Waals surface area contributed by atoms with Crippen LogP contribution in [0.4, 0.5) is 10.6 Å². The number of amides is 2. The lowest BCUT2D eigenvalue weighted by atomic mass is 10.0. The zero-order valence-electron chi connectivity index (χ0n) is 14.3. The molecule has 7 nitrogen and oxygen atoms in total. The number of carbonyl (C=O) groups excluding carboxylic acids is 1. The predicted octanol–water partition coefficient (Wildman–Crippen LogP) is 1.99. The van der Waals surface area contributed by atoms with E-state index in [-0.39, 0.29) is 17.8 Å². The number of anilines is 1. The highest BCUT2D eigenvalue weighted by atomic mass is 16.3. The van der Waals surface area contributed by atoms with Gasteiger partial charge in [0.1, 0.15) is 5.75 Å². The Labute approximate surface area is 147 Å². The summed E-state index contributed by atoms with van der Waals surface area (Å²) in [6.07, 6.45) is 3.61. The number of likely N-dealkylation sites (N-methyl/N-ethyl adjacent to an activating group) is 1. The SMILES string of the molecule is CN(C(=O)NCc1ccccc1O)[C@@H]1CCCN(c2cccnn2)C1. The van der Waals surface area contributed by atoms with Gasteiger partial charge in [0.25, 0.3) is 0 Å². The number of carbonyl (C=O) groups is 1. The number of nitrogens with one attached hydrogen (secondary N) is 1. The van der Waals surface area contributed by atoms with Crippen molar-refractivity contribution in [1.29, 1.82) is 0 Å². The fraction of sp³-hybridized carbons (Fsp3) is 0.389. The molecule has 132 valence electrons. The Bertz CT molecular complexity index is 710. The molecule has 1 atom stereocenters. The van der Waals surface area contributed by atoms with Crippen LogP contribution in [0.5, 0.6) is 5.75 Å². The first-order valence-electron chi connectivity index (χ1n) is 8.45. The number of phenolic OH excluding ortho intramolecular Hbond substituents is 1. The van der Waals surface area contributed by atoms with E-state index in [1.165, 1.54) is 0 Å². The van der Waals surface area contributed by atoms with Crippen LogP contribution < -0.4 is 10.2 Å². The van der Waals surface area contributed by atoms with E-state index >= 15 is 0 Å². The lowest BCUT2D eigenvalue weighted by Crippen LogP contribution is -2.51. The first-order valence-corrected chi connectivity index (χ1v) is 8.45. The Morgan fingerprint density at radius 1 is 1.36 bits per heavy atom. The second-order valence-electron chi connectivity index (χ2n) is 6.22. The van der Waals surface area contributed by atoms with Crippen LogP contribution in [0, 0.1) is 0 Å². The number of piperidine rings is 1. The molecule has 1 aliphatic heterocycles. The third-order valence-electron chi connectivity index (χ3n) is 4.57. The molecule has 2 heterocycles. The molecule has 0 saturated carbocycles. The molecule has 1 aromatic heterocycles. The van der Waals surface area contributed by atoms with Crippen molar-refractivity contribution in [2.75, 3.05) is 25.0 Å². The minimum atomic E-state index is -0.144. The molecule has 7 heteroatoms. The van der Waals surface area contributed by atoms with Gasteiger partial charge in [0, 0.05) is 38.4 Å². The van der Waals surface area contributed by atoms with Gasteiger partial charge >= 0.3 is 6.03 Å². The molecule has 0 radical (unpaired) electrons. The highest BCUT2D eigenvalue weighted by Gasteiger charge is 2.26. The number of nitrogens with zero attached hydrogens (tertiary/aromatic N) is 4. The molecule has 1 fully saturated rings. The first kappa shape index (κ1) is 17.0. The van der Waals surface area contributed by atoms with Crippen molar-refractivity contribution in [2.45, 2.75) is 25.4 Å². The van der Waals surface area contributed by atoms with Gasteiger partial charge < -0.3 is 20.2 Å². The number of rotatable bonds is 4. The molecular weight excluding hydrogens is 318 g/mol. The summed E-state index contributed by atoms with van der Waals surface area (Å²) < 4.78 is 0. The monoisotopic (exact) mass is 341 g/mol. The Morgan fingerprint density at radius 2 is 2.20 bits per heavy atom. The molecule has 2 N–H and O–H groups in total. The number of urea groups is 1. The van der Waals surface area contributed by atoms with Gasteiger partial charge in [-0.2, -0.15) is 5.10 Å². The molecule has 0 bridgehead atoms. The lowest BCUT2D eigenvalue weighted by Gasteiger charge is -2.37. The number of hydrogen-bond donors (Lipinski definition) is 2. The number of aromatic hydroxyl groups is 1. The van der Waals surface area contributed by atoms with E-state index in [0.717, 1.165) is 31.7 Å². The quantitative estimate of drug-likeness (QED) is 0.889. The van der Waals surface area contributed by atoms with Crippen molar-refractivity contribution in [2.24, 2.45) is 0 Å². The van der Waals surface area contributed by atoms with Crippen molar-refractivity contribution >= 4 is 11.8 Å². The van der Waals surface area contributed by atoms with Crippen molar-refractivity contribution in [3.05, 3.63) is 48.2 Å². The third kappa shape index (κ3) is 4.17. The maximum atomic E-state index is 12.5. The van der Waals surface area contributed by atoms with E-state index in [9.17, 15) is 9.90 Å². The summed E-state index contributed by atoms with van der Waals surface area (Å²) in [5.41, 5.74) is 0.703. The average Bonchev–Trinajstić information content (AvgIpc) is 2.67. The summed E-state index contributed by atoms with van der Waals surface area (Å²) >= 11 is 0. The Kier molecular flexibility index (Phi) is 5.33. The van der Waals surface area contributed by atoms with E-state index in [0.29, 0.717) is 12.1 Å². The van der Waals surface area contributed by atoms with E-state index in [4.69, 9.17) is 0 Å². The normalized spacial score (nSPS) is 17.2.